The summed E-state index contributed by atoms with van der Waals surface area (Å²) >= 11 is 0. The Balaban J connectivity index is 1.14. The maximum Gasteiger partial charge on any atom is 0.159 e. The number of hydrogen-bond donors (Lipinski definition) is 0. The average molecular weight is 841 g/mol. The summed E-state index contributed by atoms with van der Waals surface area (Å²) in [6, 6.07) is 56.6. The number of benzene rings is 9. The lowest BCUT2D eigenvalue weighted by molar-refractivity contribution is 0.605. The van der Waals surface area contributed by atoms with Crippen molar-refractivity contribution in [2.45, 2.75) is 33.7 Å². The Kier molecular flexibility index (Phi) is 8.23. The second-order valence-electron chi connectivity index (χ2n) is 17.8. The molecular weight excluding hydrogens is 797 g/mol. The Morgan fingerprint density at radius 3 is 1.37 bits per heavy atom. The predicted octanol–water partition coefficient (Wildman–Crippen LogP) is 17.4. The molecule has 0 radical (unpaired) electrons. The van der Waals surface area contributed by atoms with Crippen molar-refractivity contribution >= 4 is 116 Å². The summed E-state index contributed by atoms with van der Waals surface area (Å²) in [4.78, 5) is 4.91. The highest BCUT2D eigenvalue weighted by Gasteiger charge is 2.31. The Morgan fingerprint density at radius 1 is 0.338 bits per heavy atom. The van der Waals surface area contributed by atoms with Crippen molar-refractivity contribution in [1.29, 1.82) is 0 Å². The first-order valence-electron chi connectivity index (χ1n) is 22.5. The fraction of sp³-hybridized carbons (Fsp3) is 0.100. The van der Waals surface area contributed by atoms with E-state index in [4.69, 9.17) is 13.3 Å². The Morgan fingerprint density at radius 2 is 0.754 bits per heavy atom. The fourth-order valence-electron chi connectivity index (χ4n) is 10.7. The van der Waals surface area contributed by atoms with Gasteiger partial charge in [0.25, 0.3) is 0 Å². The molecule has 0 amide bonds. The molecule has 3 aromatic heterocycles. The number of fused-ring (bicyclic) bond motifs is 13. The van der Waals surface area contributed by atoms with Crippen LogP contribution >= 0.6 is 0 Å². The number of nitrogens with zero attached hydrogens (tertiary/aromatic N) is 2. The smallest absolute Gasteiger partial charge is 0.159 e. The lowest BCUT2D eigenvalue weighted by Crippen LogP contribution is -2.35. The predicted molar refractivity (Wildman–Crippen MR) is 272 cm³/mol. The number of allylic oxidation sites excluding steroid dienone is 2. The van der Waals surface area contributed by atoms with Gasteiger partial charge in [-0.1, -0.05) is 159 Å². The van der Waals surface area contributed by atoms with Gasteiger partial charge in [-0.15, -0.1) is 0 Å². The van der Waals surface area contributed by atoms with E-state index in [0.717, 1.165) is 132 Å². The van der Waals surface area contributed by atoms with Crippen LogP contribution in [0.5, 0.6) is 0 Å². The molecule has 0 saturated carbocycles. The van der Waals surface area contributed by atoms with E-state index in [1.165, 1.54) is 0 Å². The van der Waals surface area contributed by atoms with Crippen LogP contribution in [0.2, 0.25) is 0 Å². The second kappa shape index (κ2) is 14.2. The number of aryl methyl sites for hydroxylation is 3. The van der Waals surface area contributed by atoms with Crippen molar-refractivity contribution in [3.8, 4) is 0 Å². The quantitative estimate of drug-likeness (QED) is 0.167. The van der Waals surface area contributed by atoms with Crippen LogP contribution in [0.4, 0.5) is 28.4 Å². The molecule has 2 atom stereocenters. The van der Waals surface area contributed by atoms with Crippen molar-refractivity contribution in [2.24, 2.45) is 5.92 Å². The molecule has 1 aliphatic carbocycles. The molecule has 5 nitrogen and oxygen atoms in total. The molecule has 9 aromatic carbocycles. The first-order chi connectivity index (χ1) is 31.9. The average Bonchev–Trinajstić information content (AvgIpc) is 4.04. The monoisotopic (exact) mass is 840 g/mol. The molecule has 0 saturated heterocycles. The van der Waals surface area contributed by atoms with E-state index in [-0.39, 0.29) is 12.0 Å². The number of hydrogen-bond acceptors (Lipinski definition) is 5. The van der Waals surface area contributed by atoms with Crippen LogP contribution in [0, 0.1) is 26.7 Å². The zero-order valence-corrected chi connectivity index (χ0v) is 36.6. The molecule has 312 valence electrons. The van der Waals surface area contributed by atoms with Gasteiger partial charge in [0.15, 0.2) is 11.2 Å². The summed E-state index contributed by atoms with van der Waals surface area (Å²) < 4.78 is 21.0. The highest BCUT2D eigenvalue weighted by molar-refractivity contribution is 6.26. The molecule has 0 N–H and O–H groups in total. The zero-order chi connectivity index (χ0) is 43.5. The van der Waals surface area contributed by atoms with Crippen LogP contribution in [-0.4, -0.2) is 6.04 Å². The topological polar surface area (TPSA) is 45.9 Å². The molecule has 5 heteroatoms. The van der Waals surface area contributed by atoms with Crippen molar-refractivity contribution in [3.63, 3.8) is 0 Å². The van der Waals surface area contributed by atoms with E-state index in [1.807, 2.05) is 0 Å². The van der Waals surface area contributed by atoms with Crippen LogP contribution < -0.4 is 9.80 Å². The van der Waals surface area contributed by atoms with Crippen LogP contribution in [0.3, 0.4) is 0 Å². The van der Waals surface area contributed by atoms with Crippen molar-refractivity contribution in [1.82, 2.24) is 0 Å². The highest BCUT2D eigenvalue weighted by Crippen LogP contribution is 2.51. The highest BCUT2D eigenvalue weighted by atomic mass is 16.3. The SMILES string of the molecule is Cc1ccccc1N(c1cc2c3cc(N(c4cccc5c4oc4c(C)cccc45)C4C=CC=CC4C)c4ccccc4c3oc2c2ccccc12)c1cccc2c1oc1c(C)cccc12. The molecule has 0 fully saturated rings. The van der Waals surface area contributed by atoms with Crippen LogP contribution in [0.1, 0.15) is 23.6 Å². The van der Waals surface area contributed by atoms with E-state index < -0.39 is 0 Å². The molecule has 13 rings (SSSR count). The van der Waals surface area contributed by atoms with Crippen LogP contribution in [-0.2, 0) is 0 Å². The largest absolute Gasteiger partial charge is 0.455 e. The first kappa shape index (κ1) is 37.5. The van der Waals surface area contributed by atoms with Crippen LogP contribution in [0.15, 0.2) is 195 Å². The van der Waals surface area contributed by atoms with Crippen LogP contribution in [0.25, 0.3) is 87.4 Å². The Labute approximate surface area is 375 Å². The molecule has 3 heterocycles. The lowest BCUT2D eigenvalue weighted by atomic mass is 9.92. The van der Waals surface area contributed by atoms with Gasteiger partial charge in [0.05, 0.1) is 28.8 Å². The minimum Gasteiger partial charge on any atom is -0.455 e. The third-order valence-corrected chi connectivity index (χ3v) is 13.9. The number of furan rings is 3. The standard InChI is InChI=1S/C60H44N2O3/c1-35-17-5-11-29-49(35)61(51-31-15-27-45-43-25-13-19-37(3)55(43)63-59(45)51)53-33-47-48-34-54(40-22-8-10-24-42(40)58(48)65-57(47)41-23-9-7-21-39(41)53)62(50-30-12-6-18-36(50)2)52-32-16-28-46-44-26-14-20-38(4)56(44)64-60(46)52/h5-35,49H,1-4H3. The first-order valence-corrected chi connectivity index (χ1v) is 22.5. The number of rotatable bonds is 6. The summed E-state index contributed by atoms with van der Waals surface area (Å²) in [5.41, 5.74) is 13.9. The summed E-state index contributed by atoms with van der Waals surface area (Å²) in [5, 5.41) is 10.8. The molecule has 0 spiro atoms. The van der Waals surface area contributed by atoms with Gasteiger partial charge in [0.1, 0.15) is 22.3 Å². The van der Waals surface area contributed by atoms with Gasteiger partial charge < -0.3 is 23.1 Å². The van der Waals surface area contributed by atoms with Gasteiger partial charge in [-0.25, -0.2) is 0 Å². The molecule has 2 unspecified atom stereocenters. The zero-order valence-electron chi connectivity index (χ0n) is 36.6. The van der Waals surface area contributed by atoms with E-state index >= 15 is 0 Å². The lowest BCUT2D eigenvalue weighted by Gasteiger charge is -2.36. The molecular formula is C60H44N2O3. The third kappa shape index (κ3) is 5.51. The molecule has 0 bridgehead atoms. The van der Waals surface area contributed by atoms with Crippen molar-refractivity contribution in [3.05, 3.63) is 199 Å². The van der Waals surface area contributed by atoms with E-state index in [2.05, 4.69) is 220 Å². The molecule has 0 aliphatic heterocycles. The van der Waals surface area contributed by atoms with E-state index in [9.17, 15) is 0 Å². The van der Waals surface area contributed by atoms with Gasteiger partial charge in [-0.05, 0) is 73.7 Å². The molecule has 1 aliphatic rings. The summed E-state index contributed by atoms with van der Waals surface area (Å²) in [6.45, 7) is 8.73. The van der Waals surface area contributed by atoms with Gasteiger partial charge >= 0.3 is 0 Å². The van der Waals surface area contributed by atoms with E-state index in [1.54, 1.807) is 0 Å². The van der Waals surface area contributed by atoms with Crippen molar-refractivity contribution < 1.29 is 13.3 Å². The minimum absolute atomic E-state index is 0.000181. The summed E-state index contributed by atoms with van der Waals surface area (Å²) in [7, 11) is 0. The Bertz CT molecular complexity index is 3990. The summed E-state index contributed by atoms with van der Waals surface area (Å²) in [6.07, 6.45) is 8.97. The maximum atomic E-state index is 7.20. The maximum absolute atomic E-state index is 7.20. The second-order valence-corrected chi connectivity index (χ2v) is 17.8. The van der Waals surface area contributed by atoms with Gasteiger partial charge in [-0.3, -0.25) is 0 Å². The van der Waals surface area contributed by atoms with Gasteiger partial charge in [-0.2, -0.15) is 0 Å². The minimum atomic E-state index is -0.000181. The normalized spacial score (nSPS) is 15.3. The van der Waals surface area contributed by atoms with Crippen molar-refractivity contribution in [2.75, 3.05) is 9.80 Å². The van der Waals surface area contributed by atoms with Gasteiger partial charge in [0, 0.05) is 59.5 Å². The molecule has 65 heavy (non-hydrogen) atoms. The summed E-state index contributed by atoms with van der Waals surface area (Å²) in [5.74, 6) is 0.208. The fourth-order valence-corrected chi connectivity index (χ4v) is 10.7. The Hall–Kier alpha value is -8.02. The third-order valence-electron chi connectivity index (χ3n) is 13.9. The number of anilines is 5. The number of para-hydroxylation sites is 5. The van der Waals surface area contributed by atoms with Gasteiger partial charge in [0.2, 0.25) is 0 Å². The molecule has 12 aromatic rings. The van der Waals surface area contributed by atoms with E-state index in [0.29, 0.717) is 0 Å².